The lowest BCUT2D eigenvalue weighted by Gasteiger charge is -2.18. The molecule has 6 heteroatoms. The van der Waals surface area contributed by atoms with E-state index < -0.39 is 6.10 Å². The van der Waals surface area contributed by atoms with Crippen LogP contribution in [0.3, 0.4) is 0 Å². The third kappa shape index (κ3) is 49.8. The lowest BCUT2D eigenvalue weighted by molar-refractivity contribution is -0.167. The molecule has 0 aromatic heterocycles. The average molecular weight is 906 g/mol. The van der Waals surface area contributed by atoms with E-state index in [4.69, 9.17) is 14.2 Å². The molecule has 0 rings (SSSR count). The van der Waals surface area contributed by atoms with Crippen LogP contribution in [-0.4, -0.2) is 37.2 Å². The molecule has 0 saturated carbocycles. The standard InChI is InChI=1S/C58H112O6/c1-6-8-9-10-11-26-33-38-43-48-56(59)62-51-55(64-58(61)50-45-40-35-30-25-21-17-16-19-23-28-32-37-42-47-54(5)7-2)52-63-57(60)49-44-39-34-29-24-20-15-13-12-14-18-22-27-31-36-41-46-53(3)4/h53-55H,6-52H2,1-5H3/t54?,55-/m1/s1. The Bertz CT molecular complexity index is 980. The van der Waals surface area contributed by atoms with Crippen LogP contribution in [0.15, 0.2) is 0 Å². The first-order chi connectivity index (χ1) is 31.3. The van der Waals surface area contributed by atoms with Crippen LogP contribution in [0.25, 0.3) is 0 Å². The summed E-state index contributed by atoms with van der Waals surface area (Å²) in [6.45, 7) is 11.4. The highest BCUT2D eigenvalue weighted by Crippen LogP contribution is 2.19. The normalized spacial score (nSPS) is 12.5. The third-order valence-corrected chi connectivity index (χ3v) is 13.6. The van der Waals surface area contributed by atoms with E-state index in [1.54, 1.807) is 0 Å². The van der Waals surface area contributed by atoms with E-state index in [0.717, 1.165) is 69.6 Å². The van der Waals surface area contributed by atoms with Crippen LogP contribution in [0.2, 0.25) is 0 Å². The van der Waals surface area contributed by atoms with Crippen LogP contribution >= 0.6 is 0 Å². The maximum Gasteiger partial charge on any atom is 0.306 e. The third-order valence-electron chi connectivity index (χ3n) is 13.6. The molecule has 64 heavy (non-hydrogen) atoms. The van der Waals surface area contributed by atoms with Crippen molar-refractivity contribution >= 4 is 17.9 Å². The Morgan fingerprint density at radius 1 is 0.328 bits per heavy atom. The van der Waals surface area contributed by atoms with Crippen molar-refractivity contribution in [1.82, 2.24) is 0 Å². The molecule has 0 aliphatic carbocycles. The van der Waals surface area contributed by atoms with Crippen LogP contribution in [-0.2, 0) is 28.6 Å². The van der Waals surface area contributed by atoms with E-state index in [-0.39, 0.29) is 31.1 Å². The molecule has 0 saturated heterocycles. The number of carbonyl (C=O) groups excluding carboxylic acids is 3. The molecule has 0 aromatic rings. The minimum Gasteiger partial charge on any atom is -0.462 e. The van der Waals surface area contributed by atoms with E-state index in [0.29, 0.717) is 19.3 Å². The second-order valence-corrected chi connectivity index (χ2v) is 20.6. The molecule has 1 unspecified atom stereocenters. The van der Waals surface area contributed by atoms with Gasteiger partial charge in [0.05, 0.1) is 0 Å². The monoisotopic (exact) mass is 905 g/mol. The Morgan fingerprint density at radius 3 is 0.891 bits per heavy atom. The van der Waals surface area contributed by atoms with Gasteiger partial charge in [0.15, 0.2) is 6.10 Å². The molecular formula is C58H112O6. The van der Waals surface area contributed by atoms with E-state index >= 15 is 0 Å². The Labute approximate surface area is 399 Å². The number of rotatable bonds is 52. The van der Waals surface area contributed by atoms with Crippen LogP contribution in [0.4, 0.5) is 0 Å². The summed E-state index contributed by atoms with van der Waals surface area (Å²) in [4.78, 5) is 38.0. The quantitative estimate of drug-likeness (QED) is 0.0344. The van der Waals surface area contributed by atoms with Crippen molar-refractivity contribution in [3.8, 4) is 0 Å². The molecule has 0 amide bonds. The molecule has 0 spiro atoms. The minimum atomic E-state index is -0.762. The highest BCUT2D eigenvalue weighted by molar-refractivity contribution is 5.71. The zero-order valence-corrected chi connectivity index (χ0v) is 43.9. The Kier molecular flexibility index (Phi) is 49.6. The smallest absolute Gasteiger partial charge is 0.306 e. The number of hydrogen-bond donors (Lipinski definition) is 0. The second kappa shape index (κ2) is 50.8. The summed E-state index contributed by atoms with van der Waals surface area (Å²) < 4.78 is 16.8. The maximum absolute atomic E-state index is 12.8. The summed E-state index contributed by atoms with van der Waals surface area (Å²) in [5.41, 5.74) is 0. The van der Waals surface area contributed by atoms with Gasteiger partial charge in [0.25, 0.3) is 0 Å². The Morgan fingerprint density at radius 2 is 0.594 bits per heavy atom. The number of ether oxygens (including phenoxy) is 3. The van der Waals surface area contributed by atoms with Gasteiger partial charge in [-0.25, -0.2) is 0 Å². The summed E-state index contributed by atoms with van der Waals surface area (Å²) in [6.07, 6.45) is 53.8. The summed E-state index contributed by atoms with van der Waals surface area (Å²) >= 11 is 0. The predicted octanol–water partition coefficient (Wildman–Crippen LogP) is 18.9. The molecular weight excluding hydrogens is 793 g/mol. The Balaban J connectivity index is 4.21. The molecule has 0 aromatic carbocycles. The number of esters is 3. The molecule has 0 aliphatic rings. The molecule has 380 valence electrons. The molecule has 0 fully saturated rings. The van der Waals surface area contributed by atoms with Crippen molar-refractivity contribution in [1.29, 1.82) is 0 Å². The zero-order chi connectivity index (χ0) is 46.8. The van der Waals surface area contributed by atoms with Crippen molar-refractivity contribution < 1.29 is 28.6 Å². The van der Waals surface area contributed by atoms with Gasteiger partial charge < -0.3 is 14.2 Å². The van der Waals surface area contributed by atoms with Gasteiger partial charge in [0.2, 0.25) is 0 Å². The first kappa shape index (κ1) is 62.4. The van der Waals surface area contributed by atoms with Crippen molar-refractivity contribution in [3.63, 3.8) is 0 Å². The van der Waals surface area contributed by atoms with Crippen LogP contribution in [0, 0.1) is 11.8 Å². The fraction of sp³-hybridized carbons (Fsp3) is 0.948. The molecule has 6 nitrogen and oxygen atoms in total. The number of carbonyl (C=O) groups is 3. The molecule has 0 N–H and O–H groups in total. The predicted molar refractivity (Wildman–Crippen MR) is 275 cm³/mol. The average Bonchev–Trinajstić information content (AvgIpc) is 3.28. The first-order valence-corrected chi connectivity index (χ1v) is 28.8. The maximum atomic E-state index is 12.8. The van der Waals surface area contributed by atoms with Gasteiger partial charge in [-0.15, -0.1) is 0 Å². The molecule has 0 radical (unpaired) electrons. The van der Waals surface area contributed by atoms with E-state index in [2.05, 4.69) is 34.6 Å². The summed E-state index contributed by atoms with van der Waals surface area (Å²) in [6, 6.07) is 0. The van der Waals surface area contributed by atoms with Gasteiger partial charge in [-0.3, -0.25) is 14.4 Å². The zero-order valence-electron chi connectivity index (χ0n) is 43.9. The van der Waals surface area contributed by atoms with Crippen molar-refractivity contribution in [2.45, 2.75) is 330 Å². The van der Waals surface area contributed by atoms with Crippen molar-refractivity contribution in [3.05, 3.63) is 0 Å². The van der Waals surface area contributed by atoms with Crippen molar-refractivity contribution in [2.75, 3.05) is 13.2 Å². The lowest BCUT2D eigenvalue weighted by Crippen LogP contribution is -2.30. The summed E-state index contributed by atoms with van der Waals surface area (Å²) in [5.74, 6) is 0.905. The van der Waals surface area contributed by atoms with E-state index in [1.807, 2.05) is 0 Å². The van der Waals surface area contributed by atoms with Gasteiger partial charge in [-0.2, -0.15) is 0 Å². The lowest BCUT2D eigenvalue weighted by atomic mass is 9.99. The molecule has 0 heterocycles. The number of hydrogen-bond acceptors (Lipinski definition) is 6. The topological polar surface area (TPSA) is 78.9 Å². The van der Waals surface area contributed by atoms with Crippen LogP contribution in [0.5, 0.6) is 0 Å². The van der Waals surface area contributed by atoms with Crippen LogP contribution in [0.1, 0.15) is 324 Å². The van der Waals surface area contributed by atoms with Gasteiger partial charge in [-0.1, -0.05) is 285 Å². The van der Waals surface area contributed by atoms with Gasteiger partial charge >= 0.3 is 17.9 Å². The largest absolute Gasteiger partial charge is 0.462 e. The van der Waals surface area contributed by atoms with Crippen LogP contribution < -0.4 is 0 Å². The fourth-order valence-electron chi connectivity index (χ4n) is 8.84. The molecule has 0 aliphatic heterocycles. The Hall–Kier alpha value is -1.59. The summed E-state index contributed by atoms with van der Waals surface area (Å²) in [5, 5.41) is 0. The number of unbranched alkanes of at least 4 members (excludes halogenated alkanes) is 36. The SMILES string of the molecule is CCCCCCCCCCCC(=O)OC[C@H](COC(=O)CCCCCCCCCCCCCCCCCCC(C)C)OC(=O)CCCCCCCCCCCCCCCCC(C)CC. The second-order valence-electron chi connectivity index (χ2n) is 20.6. The highest BCUT2D eigenvalue weighted by Gasteiger charge is 2.19. The van der Waals surface area contributed by atoms with Gasteiger partial charge in [-0.05, 0) is 31.1 Å². The molecule has 0 bridgehead atoms. The van der Waals surface area contributed by atoms with Gasteiger partial charge in [0.1, 0.15) is 13.2 Å². The van der Waals surface area contributed by atoms with Gasteiger partial charge in [0, 0.05) is 19.3 Å². The molecule has 2 atom stereocenters. The highest BCUT2D eigenvalue weighted by atomic mass is 16.6. The van der Waals surface area contributed by atoms with E-state index in [9.17, 15) is 14.4 Å². The fourth-order valence-corrected chi connectivity index (χ4v) is 8.84. The first-order valence-electron chi connectivity index (χ1n) is 28.8. The van der Waals surface area contributed by atoms with Crippen molar-refractivity contribution in [2.24, 2.45) is 11.8 Å². The summed E-state index contributed by atoms with van der Waals surface area (Å²) in [7, 11) is 0. The minimum absolute atomic E-state index is 0.0628. The van der Waals surface area contributed by atoms with E-state index in [1.165, 1.54) is 212 Å².